The van der Waals surface area contributed by atoms with E-state index in [1.807, 2.05) is 5.10 Å². The molecule has 0 unspecified atom stereocenters. The minimum Gasteiger partial charge on any atom is -0.493 e. The van der Waals surface area contributed by atoms with Crippen LogP contribution in [0.3, 0.4) is 0 Å². The number of carboxylic acid groups (broad SMARTS) is 1. The van der Waals surface area contributed by atoms with E-state index in [4.69, 9.17) is 5.11 Å². The van der Waals surface area contributed by atoms with Crippen LogP contribution >= 0.6 is 0 Å². The van der Waals surface area contributed by atoms with Gasteiger partial charge in [-0.05, 0) is 24.3 Å². The summed E-state index contributed by atoms with van der Waals surface area (Å²) in [6, 6.07) is 3.47. The van der Waals surface area contributed by atoms with Crippen LogP contribution in [0.5, 0.6) is 5.88 Å². The molecular weight excluding hydrogens is 281 g/mol. The molecule has 0 atom stereocenters. The maximum atomic E-state index is 12.4. The number of nitrogens with one attached hydrogen (secondary N) is 1. The maximum absolute atomic E-state index is 12.4. The Kier molecular flexibility index (Phi) is 3.04. The summed E-state index contributed by atoms with van der Waals surface area (Å²) in [4.78, 5) is 22.0. The molecule has 6 nitrogen and oxygen atoms in total. The van der Waals surface area contributed by atoms with E-state index < -0.39 is 34.7 Å². The number of benzene rings is 1. The Morgan fingerprint density at radius 3 is 2.15 bits per heavy atom. The van der Waals surface area contributed by atoms with E-state index in [-0.39, 0.29) is 5.69 Å². The number of H-pyrrole nitrogens is 1. The third kappa shape index (κ3) is 2.25. The highest BCUT2D eigenvalue weighted by atomic mass is 19.4. The van der Waals surface area contributed by atoms with E-state index in [0.717, 1.165) is 24.3 Å². The number of carboxylic acids is 1. The van der Waals surface area contributed by atoms with Crippen molar-refractivity contribution in [2.24, 2.45) is 0 Å². The number of halogens is 3. The van der Waals surface area contributed by atoms with Crippen LogP contribution in [-0.4, -0.2) is 26.0 Å². The van der Waals surface area contributed by atoms with Gasteiger partial charge in [-0.15, -0.1) is 0 Å². The van der Waals surface area contributed by atoms with E-state index in [9.17, 15) is 27.9 Å². The number of aromatic hydroxyl groups is 1. The molecule has 0 aliphatic heterocycles. The van der Waals surface area contributed by atoms with Gasteiger partial charge in [0.15, 0.2) is 5.56 Å². The van der Waals surface area contributed by atoms with Gasteiger partial charge in [-0.3, -0.25) is 9.89 Å². The number of rotatable bonds is 2. The number of nitrogens with zero attached hydrogens (tertiary/aromatic N) is 1. The third-order valence-corrected chi connectivity index (χ3v) is 2.54. The van der Waals surface area contributed by atoms with Crippen LogP contribution in [0.1, 0.15) is 15.9 Å². The minimum absolute atomic E-state index is 0.0138. The molecule has 1 aromatic carbocycles. The predicted molar refractivity (Wildman–Crippen MR) is 60.0 cm³/mol. The zero-order valence-electron chi connectivity index (χ0n) is 9.60. The number of alkyl halides is 3. The van der Waals surface area contributed by atoms with Crippen LogP contribution in [0.2, 0.25) is 0 Å². The Balaban J connectivity index is 2.51. The number of hydrogen-bond donors (Lipinski definition) is 3. The average molecular weight is 288 g/mol. The smallest absolute Gasteiger partial charge is 0.416 e. The van der Waals surface area contributed by atoms with Gasteiger partial charge in [0.1, 0.15) is 0 Å². The lowest BCUT2D eigenvalue weighted by Crippen LogP contribution is -2.11. The Morgan fingerprint density at radius 1 is 1.20 bits per heavy atom. The van der Waals surface area contributed by atoms with Crippen molar-refractivity contribution in [3.05, 3.63) is 45.7 Å². The number of aromatic nitrogens is 2. The van der Waals surface area contributed by atoms with Gasteiger partial charge in [0.25, 0.3) is 5.56 Å². The van der Waals surface area contributed by atoms with E-state index >= 15 is 0 Å². The normalized spacial score (nSPS) is 11.6. The Morgan fingerprint density at radius 2 is 1.75 bits per heavy atom. The molecule has 0 amide bonds. The second-order valence-electron chi connectivity index (χ2n) is 3.82. The molecule has 2 rings (SSSR count). The monoisotopic (exact) mass is 288 g/mol. The summed E-state index contributed by atoms with van der Waals surface area (Å²) in [5.74, 6) is -2.53. The topological polar surface area (TPSA) is 95.3 Å². The van der Waals surface area contributed by atoms with E-state index in [1.165, 1.54) is 0 Å². The molecule has 0 saturated heterocycles. The number of aromatic amines is 1. The fraction of sp³-hybridized carbons (Fsp3) is 0.0909. The van der Waals surface area contributed by atoms with Crippen molar-refractivity contribution in [1.82, 2.24) is 9.78 Å². The molecule has 1 aromatic heterocycles. The quantitative estimate of drug-likeness (QED) is 0.782. The molecule has 0 aliphatic carbocycles. The lowest BCUT2D eigenvalue weighted by Gasteiger charge is -2.08. The standard InChI is InChI=1S/C11H7F3N2O4/c12-11(13,14)5-1-3-6(4-2-5)16-9(18)7(10(19)20)8(17)15-16/h1-4,18H,(H,15,17)(H,19,20). The summed E-state index contributed by atoms with van der Waals surface area (Å²) in [6.45, 7) is 0. The number of carbonyl (C=O) groups is 1. The zero-order chi connectivity index (χ0) is 15.1. The molecule has 0 spiro atoms. The number of hydrogen-bond acceptors (Lipinski definition) is 3. The fourth-order valence-corrected chi connectivity index (χ4v) is 1.60. The fourth-order valence-electron chi connectivity index (χ4n) is 1.60. The first-order valence-corrected chi connectivity index (χ1v) is 5.16. The van der Waals surface area contributed by atoms with Crippen molar-refractivity contribution in [3.8, 4) is 11.6 Å². The molecule has 1 heterocycles. The van der Waals surface area contributed by atoms with Crippen LogP contribution in [0, 0.1) is 0 Å². The first-order valence-electron chi connectivity index (χ1n) is 5.16. The molecule has 0 aliphatic rings. The van der Waals surface area contributed by atoms with Crippen molar-refractivity contribution >= 4 is 5.97 Å². The molecule has 0 radical (unpaired) electrons. The van der Waals surface area contributed by atoms with Crippen molar-refractivity contribution in [2.75, 3.05) is 0 Å². The Labute approximate surface area is 108 Å². The van der Waals surface area contributed by atoms with Crippen molar-refractivity contribution in [2.45, 2.75) is 6.18 Å². The van der Waals surface area contributed by atoms with E-state index in [0.29, 0.717) is 4.68 Å². The average Bonchev–Trinajstić information content (AvgIpc) is 2.64. The molecule has 3 N–H and O–H groups in total. The van der Waals surface area contributed by atoms with Gasteiger partial charge in [-0.25, -0.2) is 9.48 Å². The SMILES string of the molecule is O=C(O)c1c(O)n(-c2ccc(C(F)(F)F)cc2)[nH]c1=O. The summed E-state index contributed by atoms with van der Waals surface area (Å²) in [7, 11) is 0. The van der Waals surface area contributed by atoms with Gasteiger partial charge < -0.3 is 10.2 Å². The van der Waals surface area contributed by atoms with Crippen LogP contribution in [0.15, 0.2) is 29.1 Å². The van der Waals surface area contributed by atoms with Crippen molar-refractivity contribution < 1.29 is 28.2 Å². The first kappa shape index (κ1) is 13.7. The molecule has 0 bridgehead atoms. The van der Waals surface area contributed by atoms with E-state index in [2.05, 4.69) is 0 Å². The summed E-state index contributed by atoms with van der Waals surface area (Å²) in [5.41, 5.74) is -2.87. The van der Waals surface area contributed by atoms with Crippen LogP contribution < -0.4 is 5.56 Å². The van der Waals surface area contributed by atoms with Gasteiger partial charge in [0.2, 0.25) is 5.88 Å². The zero-order valence-corrected chi connectivity index (χ0v) is 9.60. The summed E-state index contributed by atoms with van der Waals surface area (Å²) in [6.07, 6.45) is -4.52. The molecule has 0 fully saturated rings. The molecule has 20 heavy (non-hydrogen) atoms. The number of aromatic carboxylic acids is 1. The predicted octanol–water partition coefficient (Wildman–Crippen LogP) is 1.59. The van der Waals surface area contributed by atoms with Crippen LogP contribution in [-0.2, 0) is 6.18 Å². The van der Waals surface area contributed by atoms with Gasteiger partial charge in [-0.2, -0.15) is 13.2 Å². The minimum atomic E-state index is -4.52. The van der Waals surface area contributed by atoms with Gasteiger partial charge in [-0.1, -0.05) is 0 Å². The van der Waals surface area contributed by atoms with Crippen molar-refractivity contribution in [1.29, 1.82) is 0 Å². The molecular formula is C11H7F3N2O4. The summed E-state index contributed by atoms with van der Waals surface area (Å²) >= 11 is 0. The van der Waals surface area contributed by atoms with Crippen molar-refractivity contribution in [3.63, 3.8) is 0 Å². The van der Waals surface area contributed by atoms with Crippen LogP contribution in [0.25, 0.3) is 5.69 Å². The van der Waals surface area contributed by atoms with Gasteiger partial charge in [0, 0.05) is 0 Å². The lowest BCUT2D eigenvalue weighted by molar-refractivity contribution is -0.137. The van der Waals surface area contributed by atoms with Crippen LogP contribution in [0.4, 0.5) is 13.2 Å². The van der Waals surface area contributed by atoms with Gasteiger partial charge >= 0.3 is 12.1 Å². The highest BCUT2D eigenvalue weighted by Gasteiger charge is 2.30. The maximum Gasteiger partial charge on any atom is 0.416 e. The highest BCUT2D eigenvalue weighted by molar-refractivity contribution is 5.89. The molecule has 2 aromatic rings. The Hall–Kier alpha value is -2.71. The molecule has 0 saturated carbocycles. The lowest BCUT2D eigenvalue weighted by atomic mass is 10.2. The summed E-state index contributed by atoms with van der Waals surface area (Å²) < 4.78 is 37.8. The van der Waals surface area contributed by atoms with E-state index in [1.54, 1.807) is 0 Å². The molecule has 106 valence electrons. The Bertz CT molecular complexity index is 713. The second kappa shape index (κ2) is 4.44. The third-order valence-electron chi connectivity index (χ3n) is 2.54. The second-order valence-corrected chi connectivity index (χ2v) is 3.82. The highest BCUT2D eigenvalue weighted by Crippen LogP contribution is 2.30. The van der Waals surface area contributed by atoms with Gasteiger partial charge in [0.05, 0.1) is 11.3 Å². The first-order chi connectivity index (χ1) is 9.21. The largest absolute Gasteiger partial charge is 0.493 e. The molecule has 9 heteroatoms. The summed E-state index contributed by atoms with van der Waals surface area (Å²) in [5, 5.41) is 20.3.